The van der Waals surface area contributed by atoms with E-state index in [4.69, 9.17) is 9.47 Å². The van der Waals surface area contributed by atoms with Crippen LogP contribution in [0.1, 0.15) is 18.9 Å². The monoisotopic (exact) mass is 384 g/mol. The topological polar surface area (TPSA) is 84.9 Å². The Kier molecular flexibility index (Phi) is 7.28. The van der Waals surface area contributed by atoms with Gasteiger partial charge in [0, 0.05) is 12.6 Å². The van der Waals surface area contributed by atoms with Crippen molar-refractivity contribution in [1.82, 2.24) is 10.2 Å². The lowest BCUT2D eigenvalue weighted by Crippen LogP contribution is -2.45. The van der Waals surface area contributed by atoms with Crippen LogP contribution < -0.4 is 14.8 Å². The zero-order valence-electron chi connectivity index (χ0n) is 15.7. The van der Waals surface area contributed by atoms with Gasteiger partial charge < -0.3 is 19.7 Å². The van der Waals surface area contributed by atoms with Crippen molar-refractivity contribution in [3.63, 3.8) is 0 Å². The molecular weight excluding hydrogens is 356 g/mol. The van der Waals surface area contributed by atoms with Crippen LogP contribution in [0.15, 0.2) is 18.2 Å². The van der Waals surface area contributed by atoms with Gasteiger partial charge in [-0.15, -0.1) is 0 Å². The second kappa shape index (κ2) is 9.23. The zero-order chi connectivity index (χ0) is 19.2. The molecule has 1 heterocycles. The van der Waals surface area contributed by atoms with Gasteiger partial charge in [0.2, 0.25) is 5.91 Å². The van der Waals surface area contributed by atoms with E-state index in [0.717, 1.165) is 12.0 Å². The minimum Gasteiger partial charge on any atom is -0.493 e. The number of methoxy groups -OCH3 is 2. The Bertz CT molecular complexity index is 720. The molecule has 1 N–H and O–H groups in total. The number of nitrogens with zero attached hydrogens (tertiary/aromatic N) is 1. The highest BCUT2D eigenvalue weighted by atomic mass is 32.2. The molecule has 1 aromatic carbocycles. The van der Waals surface area contributed by atoms with Gasteiger partial charge in [0.1, 0.15) is 0 Å². The summed E-state index contributed by atoms with van der Waals surface area (Å²) in [6.45, 7) is 3.25. The van der Waals surface area contributed by atoms with E-state index in [1.54, 1.807) is 19.1 Å². The molecule has 2 rings (SSSR count). The summed E-state index contributed by atoms with van der Waals surface area (Å²) in [4.78, 5) is 14.1. The standard InChI is InChI=1S/C18H28N2O5S/c1-4-20(15-8-10-26(22,23)13-15)18(21)12-19-9-7-14-5-6-16(24-2)17(11-14)25-3/h5-6,11,15,19H,4,7-10,12-13H2,1-3H3. The minimum absolute atomic E-state index is 0.0538. The van der Waals surface area contributed by atoms with Crippen LogP contribution in [0, 0.1) is 0 Å². The Labute approximate surface area is 155 Å². The van der Waals surface area contributed by atoms with E-state index in [2.05, 4.69) is 5.32 Å². The molecule has 26 heavy (non-hydrogen) atoms. The fourth-order valence-corrected chi connectivity index (χ4v) is 4.96. The molecule has 1 aliphatic heterocycles. The highest BCUT2D eigenvalue weighted by Crippen LogP contribution is 2.27. The normalized spacial score (nSPS) is 18.5. The number of ether oxygens (including phenoxy) is 2. The van der Waals surface area contributed by atoms with Gasteiger partial charge in [-0.05, 0) is 44.0 Å². The van der Waals surface area contributed by atoms with Crippen LogP contribution in [0.4, 0.5) is 0 Å². The van der Waals surface area contributed by atoms with E-state index in [-0.39, 0.29) is 30.0 Å². The summed E-state index contributed by atoms with van der Waals surface area (Å²) in [6.07, 6.45) is 1.28. The number of amides is 1. The summed E-state index contributed by atoms with van der Waals surface area (Å²) in [5.41, 5.74) is 1.08. The number of nitrogens with one attached hydrogen (secondary N) is 1. The maximum absolute atomic E-state index is 12.4. The summed E-state index contributed by atoms with van der Waals surface area (Å²) < 4.78 is 33.8. The molecular formula is C18H28N2O5S. The van der Waals surface area contributed by atoms with Crippen LogP contribution in [-0.2, 0) is 21.1 Å². The third-order valence-electron chi connectivity index (χ3n) is 4.62. The Morgan fingerprint density at radius 3 is 2.58 bits per heavy atom. The maximum atomic E-state index is 12.4. The van der Waals surface area contributed by atoms with Crippen LogP contribution in [0.25, 0.3) is 0 Å². The SMILES string of the molecule is CCN(C(=O)CNCCc1ccc(OC)c(OC)c1)C1CCS(=O)(=O)C1. The molecule has 0 saturated carbocycles. The molecule has 1 saturated heterocycles. The van der Waals surface area contributed by atoms with E-state index < -0.39 is 9.84 Å². The van der Waals surface area contributed by atoms with Crippen LogP contribution >= 0.6 is 0 Å². The number of benzene rings is 1. The molecule has 1 fully saturated rings. The van der Waals surface area contributed by atoms with Gasteiger partial charge in [-0.25, -0.2) is 8.42 Å². The predicted octanol–water partition coefficient (Wildman–Crippen LogP) is 0.872. The molecule has 1 unspecified atom stereocenters. The predicted molar refractivity (Wildman–Crippen MR) is 101 cm³/mol. The summed E-state index contributed by atoms with van der Waals surface area (Å²) in [7, 11) is 0.201. The Morgan fingerprint density at radius 1 is 1.27 bits per heavy atom. The quantitative estimate of drug-likeness (QED) is 0.636. The van der Waals surface area contributed by atoms with Crippen molar-refractivity contribution in [2.45, 2.75) is 25.8 Å². The molecule has 1 aliphatic rings. The molecule has 1 atom stereocenters. The first-order valence-corrected chi connectivity index (χ1v) is 10.6. The van der Waals surface area contributed by atoms with E-state index in [1.165, 1.54) is 0 Å². The summed E-state index contributed by atoms with van der Waals surface area (Å²) in [5.74, 6) is 1.57. The molecule has 1 aromatic rings. The Balaban J connectivity index is 1.80. The fourth-order valence-electron chi connectivity index (χ4n) is 3.23. The average molecular weight is 384 g/mol. The molecule has 0 radical (unpaired) electrons. The lowest BCUT2D eigenvalue weighted by molar-refractivity contribution is -0.131. The highest BCUT2D eigenvalue weighted by molar-refractivity contribution is 7.91. The van der Waals surface area contributed by atoms with Crippen LogP contribution in [0.5, 0.6) is 11.5 Å². The van der Waals surface area contributed by atoms with E-state index >= 15 is 0 Å². The third-order valence-corrected chi connectivity index (χ3v) is 6.38. The molecule has 0 bridgehead atoms. The number of hydrogen-bond acceptors (Lipinski definition) is 6. The molecule has 8 heteroatoms. The Hall–Kier alpha value is -1.80. The van der Waals surface area contributed by atoms with Gasteiger partial charge in [-0.3, -0.25) is 4.79 Å². The Morgan fingerprint density at radius 2 is 2.00 bits per heavy atom. The largest absolute Gasteiger partial charge is 0.493 e. The highest BCUT2D eigenvalue weighted by Gasteiger charge is 2.33. The van der Waals surface area contributed by atoms with Gasteiger partial charge in [-0.1, -0.05) is 6.07 Å². The van der Waals surface area contributed by atoms with Crippen molar-refractivity contribution in [2.24, 2.45) is 0 Å². The second-order valence-corrected chi connectivity index (χ2v) is 8.58. The molecule has 0 aromatic heterocycles. The molecule has 1 amide bonds. The summed E-state index contributed by atoms with van der Waals surface area (Å²) in [5, 5.41) is 3.15. The van der Waals surface area contributed by atoms with Crippen LogP contribution in [0.3, 0.4) is 0 Å². The number of rotatable bonds is 9. The first-order chi connectivity index (χ1) is 12.4. The maximum Gasteiger partial charge on any atom is 0.236 e. The van der Waals surface area contributed by atoms with E-state index in [1.807, 2.05) is 25.1 Å². The molecule has 0 aliphatic carbocycles. The van der Waals surface area contributed by atoms with Crippen molar-refractivity contribution in [3.8, 4) is 11.5 Å². The second-order valence-electron chi connectivity index (χ2n) is 6.35. The number of carbonyl (C=O) groups is 1. The van der Waals surface area contributed by atoms with Crippen LogP contribution in [-0.4, -0.2) is 70.6 Å². The van der Waals surface area contributed by atoms with Crippen molar-refractivity contribution in [2.75, 3.05) is 45.4 Å². The summed E-state index contributed by atoms with van der Waals surface area (Å²) in [6, 6.07) is 5.56. The average Bonchev–Trinajstić information content (AvgIpc) is 2.98. The molecule has 7 nitrogen and oxygen atoms in total. The molecule has 146 valence electrons. The zero-order valence-corrected chi connectivity index (χ0v) is 16.5. The molecule has 0 spiro atoms. The number of hydrogen-bond donors (Lipinski definition) is 1. The van der Waals surface area contributed by atoms with Gasteiger partial charge in [0.25, 0.3) is 0 Å². The number of carbonyl (C=O) groups excluding carboxylic acids is 1. The van der Waals surface area contributed by atoms with Gasteiger partial charge in [0.15, 0.2) is 21.3 Å². The van der Waals surface area contributed by atoms with Gasteiger partial charge >= 0.3 is 0 Å². The van der Waals surface area contributed by atoms with Gasteiger partial charge in [0.05, 0.1) is 32.3 Å². The number of likely N-dealkylation sites (N-methyl/N-ethyl adjacent to an activating group) is 1. The van der Waals surface area contributed by atoms with E-state index in [9.17, 15) is 13.2 Å². The third kappa shape index (κ3) is 5.35. The van der Waals surface area contributed by atoms with Crippen molar-refractivity contribution in [3.05, 3.63) is 23.8 Å². The lowest BCUT2D eigenvalue weighted by atomic mass is 10.1. The fraction of sp³-hybridized carbons (Fsp3) is 0.611. The van der Waals surface area contributed by atoms with Crippen molar-refractivity contribution < 1.29 is 22.7 Å². The first-order valence-electron chi connectivity index (χ1n) is 8.81. The van der Waals surface area contributed by atoms with Crippen molar-refractivity contribution in [1.29, 1.82) is 0 Å². The first kappa shape index (κ1) is 20.5. The summed E-state index contributed by atoms with van der Waals surface area (Å²) >= 11 is 0. The van der Waals surface area contributed by atoms with Crippen molar-refractivity contribution >= 4 is 15.7 Å². The van der Waals surface area contributed by atoms with Gasteiger partial charge in [-0.2, -0.15) is 0 Å². The smallest absolute Gasteiger partial charge is 0.236 e. The number of sulfone groups is 1. The van der Waals surface area contributed by atoms with E-state index in [0.29, 0.717) is 31.0 Å². The lowest BCUT2D eigenvalue weighted by Gasteiger charge is -2.27. The minimum atomic E-state index is -2.99. The van der Waals surface area contributed by atoms with Crippen LogP contribution in [0.2, 0.25) is 0 Å².